The van der Waals surface area contributed by atoms with Crippen molar-refractivity contribution in [3.8, 4) is 0 Å². The van der Waals surface area contributed by atoms with E-state index in [1.807, 2.05) is 6.26 Å². The summed E-state index contributed by atoms with van der Waals surface area (Å²) in [5.74, 6) is 0. The van der Waals surface area contributed by atoms with Crippen LogP contribution in [0.5, 0.6) is 0 Å². The molecule has 80 valence electrons. The van der Waals surface area contributed by atoms with Crippen molar-refractivity contribution in [2.24, 2.45) is 0 Å². The Morgan fingerprint density at radius 3 is 3.00 bits per heavy atom. The molecule has 1 saturated heterocycles. The molecule has 1 aliphatic heterocycles. The predicted molar refractivity (Wildman–Crippen MR) is 59.8 cm³/mol. The van der Waals surface area contributed by atoms with Crippen LogP contribution in [0.3, 0.4) is 0 Å². The van der Waals surface area contributed by atoms with Crippen molar-refractivity contribution >= 4 is 34.5 Å². The number of nitrogens with zero attached hydrogens (tertiary/aromatic N) is 1. The topological polar surface area (TPSA) is 49.8 Å². The monoisotopic (exact) mass is 235 g/mol. The number of rotatable bonds is 1. The maximum absolute atomic E-state index is 10.7. The van der Waals surface area contributed by atoms with E-state index in [1.54, 1.807) is 0 Å². The average Bonchev–Trinajstić information content (AvgIpc) is 2.18. The number of ether oxygens (including phenoxy) is 1. The summed E-state index contributed by atoms with van der Waals surface area (Å²) in [7, 11) is 0. The van der Waals surface area contributed by atoms with E-state index in [9.17, 15) is 4.79 Å². The molecule has 1 aliphatic rings. The minimum absolute atomic E-state index is 0.0696. The van der Waals surface area contributed by atoms with Crippen LogP contribution in [0.4, 0.5) is 4.79 Å². The Hall–Kier alpha value is -0.490. The summed E-state index contributed by atoms with van der Waals surface area (Å²) in [5.41, 5.74) is 0. The molecule has 1 atom stereocenters. The lowest BCUT2D eigenvalue weighted by molar-refractivity contribution is 0.0774. The lowest BCUT2D eigenvalue weighted by Crippen LogP contribution is -2.42. The quantitative estimate of drug-likeness (QED) is 0.702. The number of piperidine rings is 1. The molecule has 1 unspecified atom stereocenters. The van der Waals surface area contributed by atoms with Gasteiger partial charge in [0.25, 0.3) is 0 Å². The van der Waals surface area contributed by atoms with Gasteiger partial charge in [-0.15, -0.1) is 0 Å². The molecule has 1 amide bonds. The molecule has 0 aromatic rings. The van der Waals surface area contributed by atoms with E-state index >= 15 is 0 Å². The van der Waals surface area contributed by atoms with E-state index in [1.165, 1.54) is 16.7 Å². The smallest absolute Gasteiger partial charge is 0.407 e. The van der Waals surface area contributed by atoms with E-state index in [-0.39, 0.29) is 6.10 Å². The number of carbonyl (C=O) groups is 1. The number of hydrogen-bond acceptors (Lipinski definition) is 4. The van der Waals surface area contributed by atoms with Crippen LogP contribution in [0.2, 0.25) is 0 Å². The number of hydrogen-bond donors (Lipinski definition) is 1. The normalized spacial score (nSPS) is 21.8. The molecule has 1 heterocycles. The molecule has 1 fully saturated rings. The Morgan fingerprint density at radius 1 is 1.71 bits per heavy atom. The minimum Gasteiger partial charge on any atom is -0.473 e. The Kier molecular flexibility index (Phi) is 4.47. The first-order valence-corrected chi connectivity index (χ1v) is 5.99. The largest absolute Gasteiger partial charge is 0.473 e. The van der Waals surface area contributed by atoms with Crippen molar-refractivity contribution in [1.29, 1.82) is 0 Å². The van der Waals surface area contributed by atoms with Crippen LogP contribution in [0.15, 0.2) is 0 Å². The van der Waals surface area contributed by atoms with Crippen LogP contribution < -0.4 is 0 Å². The number of likely N-dealkylation sites (tertiary alicyclic amines) is 1. The zero-order chi connectivity index (χ0) is 10.6. The zero-order valence-corrected chi connectivity index (χ0v) is 9.57. The van der Waals surface area contributed by atoms with Gasteiger partial charge in [0.05, 0.1) is 6.54 Å². The van der Waals surface area contributed by atoms with Gasteiger partial charge in [-0.3, -0.25) is 0 Å². The highest BCUT2D eigenvalue weighted by Crippen LogP contribution is 2.15. The molecule has 0 aliphatic carbocycles. The average molecular weight is 235 g/mol. The van der Waals surface area contributed by atoms with Crippen LogP contribution in [-0.4, -0.2) is 45.9 Å². The Labute approximate surface area is 92.6 Å². The second kappa shape index (κ2) is 5.41. The number of amides is 1. The van der Waals surface area contributed by atoms with E-state index in [4.69, 9.17) is 22.1 Å². The minimum atomic E-state index is -0.881. The van der Waals surface area contributed by atoms with Crippen molar-refractivity contribution < 1.29 is 14.6 Å². The molecule has 14 heavy (non-hydrogen) atoms. The van der Waals surface area contributed by atoms with E-state index < -0.39 is 6.09 Å². The fourth-order valence-corrected chi connectivity index (χ4v) is 1.76. The summed E-state index contributed by atoms with van der Waals surface area (Å²) >= 11 is 6.29. The van der Waals surface area contributed by atoms with Crippen molar-refractivity contribution in [3.05, 3.63) is 0 Å². The summed E-state index contributed by atoms with van der Waals surface area (Å²) in [5, 5.41) is 8.78. The van der Waals surface area contributed by atoms with E-state index in [0.29, 0.717) is 17.5 Å². The predicted octanol–water partition coefficient (Wildman–Crippen LogP) is 1.79. The molecular weight excluding hydrogens is 222 g/mol. The van der Waals surface area contributed by atoms with Crippen LogP contribution >= 0.6 is 24.0 Å². The number of thiocarbonyl (C=S) groups is 1. The van der Waals surface area contributed by atoms with Gasteiger partial charge < -0.3 is 14.7 Å². The third-order valence-electron chi connectivity index (χ3n) is 2.08. The molecule has 0 bridgehead atoms. The van der Waals surface area contributed by atoms with Gasteiger partial charge in [0.15, 0.2) is 0 Å². The van der Waals surface area contributed by atoms with Crippen LogP contribution in [0, 0.1) is 0 Å². The van der Waals surface area contributed by atoms with Gasteiger partial charge >= 0.3 is 6.09 Å². The molecule has 0 spiro atoms. The SMILES string of the molecule is CSC(=S)OC1CCCN(C(=O)O)C1. The highest BCUT2D eigenvalue weighted by molar-refractivity contribution is 8.22. The Balaban J connectivity index is 2.40. The number of carboxylic acid groups (broad SMARTS) is 1. The first kappa shape index (κ1) is 11.6. The number of thioether (sulfide) groups is 1. The highest BCUT2D eigenvalue weighted by Gasteiger charge is 2.24. The zero-order valence-electron chi connectivity index (χ0n) is 7.93. The van der Waals surface area contributed by atoms with Gasteiger partial charge in [-0.1, -0.05) is 11.8 Å². The van der Waals surface area contributed by atoms with Crippen molar-refractivity contribution in [2.75, 3.05) is 19.3 Å². The Bertz CT molecular complexity index is 235. The fourth-order valence-electron chi connectivity index (χ4n) is 1.39. The molecule has 0 radical (unpaired) electrons. The van der Waals surface area contributed by atoms with E-state index in [2.05, 4.69) is 0 Å². The van der Waals surface area contributed by atoms with Crippen LogP contribution in [0.1, 0.15) is 12.8 Å². The maximum Gasteiger partial charge on any atom is 0.407 e. The van der Waals surface area contributed by atoms with Crippen LogP contribution in [0.25, 0.3) is 0 Å². The van der Waals surface area contributed by atoms with Gasteiger partial charge in [0.1, 0.15) is 6.10 Å². The summed E-state index contributed by atoms with van der Waals surface area (Å²) in [4.78, 5) is 12.1. The van der Waals surface area contributed by atoms with Gasteiger partial charge in [0, 0.05) is 6.54 Å². The first-order valence-electron chi connectivity index (χ1n) is 4.36. The molecule has 0 aromatic carbocycles. The standard InChI is InChI=1S/C8H13NO3S2/c1-14-8(13)12-6-3-2-4-9(5-6)7(10)11/h6H,2-5H2,1H3,(H,10,11). The molecule has 6 heteroatoms. The van der Waals surface area contributed by atoms with E-state index in [0.717, 1.165) is 12.8 Å². The van der Waals surface area contributed by atoms with Gasteiger partial charge in [-0.25, -0.2) is 4.79 Å². The first-order chi connectivity index (χ1) is 6.63. The third kappa shape index (κ3) is 3.34. The van der Waals surface area contributed by atoms with Crippen molar-refractivity contribution in [2.45, 2.75) is 18.9 Å². The third-order valence-corrected chi connectivity index (χ3v) is 3.10. The molecule has 4 nitrogen and oxygen atoms in total. The maximum atomic E-state index is 10.7. The summed E-state index contributed by atoms with van der Waals surface area (Å²) in [6.45, 7) is 1.03. The van der Waals surface area contributed by atoms with Crippen LogP contribution in [-0.2, 0) is 4.74 Å². The van der Waals surface area contributed by atoms with Gasteiger partial charge in [-0.05, 0) is 31.3 Å². The van der Waals surface area contributed by atoms with Crippen molar-refractivity contribution in [1.82, 2.24) is 4.90 Å². The fraction of sp³-hybridized carbons (Fsp3) is 0.750. The van der Waals surface area contributed by atoms with Crippen molar-refractivity contribution in [3.63, 3.8) is 0 Å². The Morgan fingerprint density at radius 2 is 2.43 bits per heavy atom. The highest BCUT2D eigenvalue weighted by atomic mass is 32.2. The van der Waals surface area contributed by atoms with Gasteiger partial charge in [0.2, 0.25) is 4.38 Å². The summed E-state index contributed by atoms with van der Waals surface area (Å²) in [6, 6.07) is 0. The molecule has 0 aromatic heterocycles. The molecule has 1 rings (SSSR count). The molecule has 1 N–H and O–H groups in total. The van der Waals surface area contributed by atoms with Gasteiger partial charge in [-0.2, -0.15) is 0 Å². The second-order valence-electron chi connectivity index (χ2n) is 3.06. The lowest BCUT2D eigenvalue weighted by atomic mass is 10.1. The second-order valence-corrected chi connectivity index (χ2v) is 4.47. The molecular formula is C8H13NO3S2. The summed E-state index contributed by atoms with van der Waals surface area (Å²) < 4.78 is 5.90. The lowest BCUT2D eigenvalue weighted by Gasteiger charge is -2.30. The summed E-state index contributed by atoms with van der Waals surface area (Å²) in [6.07, 6.45) is 2.62. The molecule has 0 saturated carbocycles.